The van der Waals surface area contributed by atoms with Crippen LogP contribution in [0.15, 0.2) is 24.3 Å². The summed E-state index contributed by atoms with van der Waals surface area (Å²) in [6.07, 6.45) is 1.24. The molecule has 0 aromatic heterocycles. The van der Waals surface area contributed by atoms with Gasteiger partial charge in [-0.2, -0.15) is 0 Å². The van der Waals surface area contributed by atoms with Crippen molar-refractivity contribution in [2.45, 2.75) is 39.3 Å². The highest BCUT2D eigenvalue weighted by Crippen LogP contribution is 2.41. The van der Waals surface area contributed by atoms with Crippen molar-refractivity contribution in [3.63, 3.8) is 0 Å². The van der Waals surface area contributed by atoms with Crippen LogP contribution in [-0.2, 0) is 0 Å². The molecule has 116 valence electrons. The lowest BCUT2D eigenvalue weighted by atomic mass is 9.92. The molecule has 2 saturated heterocycles. The molecule has 2 heterocycles. The molecule has 0 aliphatic carbocycles. The number of rotatable bonds is 5. The second-order valence-corrected chi connectivity index (χ2v) is 6.40. The van der Waals surface area contributed by atoms with Crippen LogP contribution in [0.1, 0.15) is 38.8 Å². The molecule has 0 radical (unpaired) electrons. The van der Waals surface area contributed by atoms with Crippen LogP contribution < -0.4 is 10.1 Å². The molecule has 0 saturated carbocycles. The van der Waals surface area contributed by atoms with Crippen molar-refractivity contribution in [2.75, 3.05) is 26.2 Å². The monoisotopic (exact) mass is 288 g/mol. The third-order valence-electron chi connectivity index (χ3n) is 5.34. The maximum absolute atomic E-state index is 5.84. The number of hydrogen-bond acceptors (Lipinski definition) is 3. The van der Waals surface area contributed by atoms with Gasteiger partial charge in [-0.25, -0.2) is 0 Å². The number of benzene rings is 1. The number of fused-ring (bicyclic) bond motifs is 1. The molecule has 0 bridgehead atoms. The molecule has 4 unspecified atom stereocenters. The van der Waals surface area contributed by atoms with Gasteiger partial charge in [-0.05, 0) is 51.3 Å². The van der Waals surface area contributed by atoms with Gasteiger partial charge in [0, 0.05) is 24.2 Å². The fourth-order valence-electron chi connectivity index (χ4n) is 4.33. The topological polar surface area (TPSA) is 24.5 Å². The first-order valence-electron chi connectivity index (χ1n) is 8.44. The van der Waals surface area contributed by atoms with Crippen LogP contribution in [0.5, 0.6) is 5.75 Å². The van der Waals surface area contributed by atoms with E-state index >= 15 is 0 Å². The zero-order chi connectivity index (χ0) is 14.8. The summed E-state index contributed by atoms with van der Waals surface area (Å²) in [6.45, 7) is 11.1. The van der Waals surface area contributed by atoms with E-state index in [-0.39, 0.29) is 0 Å². The summed E-state index contributed by atoms with van der Waals surface area (Å²) in [5.41, 5.74) is 1.34. The van der Waals surface area contributed by atoms with Crippen molar-refractivity contribution >= 4 is 0 Å². The predicted octanol–water partition coefficient (Wildman–Crippen LogP) is 3.08. The fraction of sp³-hybridized carbons (Fsp3) is 0.667. The predicted molar refractivity (Wildman–Crippen MR) is 86.7 cm³/mol. The fourth-order valence-corrected chi connectivity index (χ4v) is 4.33. The average Bonchev–Trinajstić information content (AvgIpc) is 3.07. The molecule has 3 rings (SSSR count). The third kappa shape index (κ3) is 2.69. The van der Waals surface area contributed by atoms with E-state index in [1.165, 1.54) is 31.6 Å². The van der Waals surface area contributed by atoms with E-state index in [0.29, 0.717) is 12.1 Å². The number of para-hydroxylation sites is 1. The Bertz CT molecular complexity index is 476. The Labute approximate surface area is 128 Å². The average molecular weight is 288 g/mol. The zero-order valence-corrected chi connectivity index (χ0v) is 13.5. The highest BCUT2D eigenvalue weighted by atomic mass is 16.5. The van der Waals surface area contributed by atoms with Crippen LogP contribution in [0.25, 0.3) is 0 Å². The van der Waals surface area contributed by atoms with Crippen LogP contribution in [0.4, 0.5) is 0 Å². The molecule has 3 nitrogen and oxygen atoms in total. The molecule has 4 atom stereocenters. The van der Waals surface area contributed by atoms with E-state index in [9.17, 15) is 0 Å². The molecule has 2 aliphatic rings. The van der Waals surface area contributed by atoms with E-state index < -0.39 is 0 Å². The van der Waals surface area contributed by atoms with Crippen molar-refractivity contribution in [1.82, 2.24) is 10.2 Å². The summed E-state index contributed by atoms with van der Waals surface area (Å²) >= 11 is 0. The van der Waals surface area contributed by atoms with E-state index in [2.05, 4.69) is 55.3 Å². The highest BCUT2D eigenvalue weighted by molar-refractivity contribution is 5.36. The Hall–Kier alpha value is -1.06. The molecular weight excluding hydrogens is 260 g/mol. The number of nitrogens with one attached hydrogen (secondary N) is 1. The van der Waals surface area contributed by atoms with Gasteiger partial charge in [-0.15, -0.1) is 0 Å². The van der Waals surface area contributed by atoms with Crippen molar-refractivity contribution in [3.8, 4) is 5.75 Å². The SMILES string of the molecule is CCOc1ccccc1C(C)N1CC2CNCC2C1CC. The van der Waals surface area contributed by atoms with Gasteiger partial charge >= 0.3 is 0 Å². The molecule has 1 N–H and O–H groups in total. The summed E-state index contributed by atoms with van der Waals surface area (Å²) in [4.78, 5) is 2.72. The first-order chi connectivity index (χ1) is 10.3. The van der Waals surface area contributed by atoms with Gasteiger partial charge in [0.2, 0.25) is 0 Å². The minimum absolute atomic E-state index is 0.434. The molecule has 1 aromatic carbocycles. The van der Waals surface area contributed by atoms with Crippen molar-refractivity contribution < 1.29 is 4.74 Å². The number of ether oxygens (including phenoxy) is 1. The van der Waals surface area contributed by atoms with Crippen molar-refractivity contribution in [1.29, 1.82) is 0 Å². The molecule has 0 spiro atoms. The summed E-state index contributed by atoms with van der Waals surface area (Å²) in [5, 5.41) is 3.57. The van der Waals surface area contributed by atoms with Gasteiger partial charge < -0.3 is 10.1 Å². The third-order valence-corrected chi connectivity index (χ3v) is 5.34. The first-order valence-corrected chi connectivity index (χ1v) is 8.44. The van der Waals surface area contributed by atoms with E-state index in [0.717, 1.165) is 24.2 Å². The summed E-state index contributed by atoms with van der Waals surface area (Å²) in [7, 11) is 0. The lowest BCUT2D eigenvalue weighted by molar-refractivity contribution is 0.162. The highest BCUT2D eigenvalue weighted by Gasteiger charge is 2.45. The number of likely N-dealkylation sites (tertiary alicyclic amines) is 1. The second-order valence-electron chi connectivity index (χ2n) is 6.40. The standard InChI is InChI=1S/C18H28N2O/c1-4-17-16-11-19-10-14(16)12-20(17)13(3)15-8-6-7-9-18(15)21-5-2/h6-9,13-14,16-17,19H,4-5,10-12H2,1-3H3. The Morgan fingerprint density at radius 1 is 1.29 bits per heavy atom. The van der Waals surface area contributed by atoms with Gasteiger partial charge in [-0.3, -0.25) is 4.90 Å². The van der Waals surface area contributed by atoms with Crippen LogP contribution in [0.3, 0.4) is 0 Å². The van der Waals surface area contributed by atoms with Crippen LogP contribution in [0.2, 0.25) is 0 Å². The second kappa shape index (κ2) is 6.37. The van der Waals surface area contributed by atoms with Crippen LogP contribution >= 0.6 is 0 Å². The van der Waals surface area contributed by atoms with Crippen LogP contribution in [-0.4, -0.2) is 37.2 Å². The number of nitrogens with zero attached hydrogens (tertiary/aromatic N) is 1. The quantitative estimate of drug-likeness (QED) is 0.901. The summed E-state index contributed by atoms with van der Waals surface area (Å²) in [5.74, 6) is 2.71. The molecule has 1 aromatic rings. The maximum atomic E-state index is 5.84. The Morgan fingerprint density at radius 3 is 2.86 bits per heavy atom. The first kappa shape index (κ1) is 14.9. The van der Waals surface area contributed by atoms with E-state index in [4.69, 9.17) is 4.74 Å². The normalized spacial score (nSPS) is 30.3. The van der Waals surface area contributed by atoms with Gasteiger partial charge in [0.25, 0.3) is 0 Å². The Balaban J connectivity index is 1.83. The summed E-state index contributed by atoms with van der Waals surface area (Å²) in [6, 6.07) is 9.68. The van der Waals surface area contributed by atoms with E-state index in [1.54, 1.807) is 0 Å². The Kier molecular flexibility index (Phi) is 4.51. The van der Waals surface area contributed by atoms with Gasteiger partial charge in [0.15, 0.2) is 0 Å². The van der Waals surface area contributed by atoms with E-state index in [1.807, 2.05) is 0 Å². The smallest absolute Gasteiger partial charge is 0.124 e. The van der Waals surface area contributed by atoms with Gasteiger partial charge in [0.1, 0.15) is 5.75 Å². The molecule has 2 fully saturated rings. The summed E-state index contributed by atoms with van der Waals surface area (Å²) < 4.78 is 5.84. The minimum atomic E-state index is 0.434. The lowest BCUT2D eigenvalue weighted by Crippen LogP contribution is -2.37. The molecule has 21 heavy (non-hydrogen) atoms. The van der Waals surface area contributed by atoms with Gasteiger partial charge in [-0.1, -0.05) is 25.1 Å². The lowest BCUT2D eigenvalue weighted by Gasteiger charge is -2.33. The molecule has 3 heteroatoms. The minimum Gasteiger partial charge on any atom is -0.494 e. The van der Waals surface area contributed by atoms with Gasteiger partial charge in [0.05, 0.1) is 6.61 Å². The maximum Gasteiger partial charge on any atom is 0.124 e. The largest absolute Gasteiger partial charge is 0.494 e. The zero-order valence-electron chi connectivity index (χ0n) is 13.5. The van der Waals surface area contributed by atoms with Crippen molar-refractivity contribution in [2.24, 2.45) is 11.8 Å². The molecule has 2 aliphatic heterocycles. The molecule has 0 amide bonds. The van der Waals surface area contributed by atoms with Crippen molar-refractivity contribution in [3.05, 3.63) is 29.8 Å². The number of hydrogen-bond donors (Lipinski definition) is 1. The molecular formula is C18H28N2O. The van der Waals surface area contributed by atoms with Crippen LogP contribution in [0, 0.1) is 11.8 Å². The Morgan fingerprint density at radius 2 is 2.10 bits per heavy atom.